The summed E-state index contributed by atoms with van der Waals surface area (Å²) < 4.78 is 2.28. The summed E-state index contributed by atoms with van der Waals surface area (Å²) in [6.45, 7) is 12.3. The van der Waals surface area contributed by atoms with Gasteiger partial charge in [0, 0.05) is 37.4 Å². The average Bonchev–Trinajstić information content (AvgIpc) is 2.87. The predicted octanol–water partition coefficient (Wildman–Crippen LogP) is 2.82. The van der Waals surface area contributed by atoms with E-state index in [0.717, 1.165) is 13.1 Å². The Morgan fingerprint density at radius 1 is 1.35 bits per heavy atom. The number of imidazole rings is 1. The number of hydrogen-bond acceptors (Lipinski definition) is 3. The largest absolute Gasteiger partial charge is 0.331 e. The molecule has 2 rings (SSSR count). The van der Waals surface area contributed by atoms with Crippen molar-refractivity contribution in [3.63, 3.8) is 0 Å². The van der Waals surface area contributed by atoms with Crippen LogP contribution in [0.1, 0.15) is 58.7 Å². The van der Waals surface area contributed by atoms with Gasteiger partial charge in [0.05, 0.1) is 12.0 Å². The highest BCUT2D eigenvalue weighted by Crippen LogP contribution is 2.15. The fraction of sp³-hybridized carbons (Fsp3) is 0.812. The Bertz CT molecular complexity index is 391. The van der Waals surface area contributed by atoms with E-state index in [0.29, 0.717) is 18.1 Å². The molecule has 1 aliphatic heterocycles. The number of nitrogens with zero attached hydrogens (tertiary/aromatic N) is 3. The molecule has 1 fully saturated rings. The minimum atomic E-state index is 0.481. The maximum atomic E-state index is 4.32. The zero-order valence-corrected chi connectivity index (χ0v) is 13.5. The Labute approximate surface area is 123 Å². The van der Waals surface area contributed by atoms with Crippen molar-refractivity contribution in [1.82, 2.24) is 19.8 Å². The first kappa shape index (κ1) is 15.5. The summed E-state index contributed by atoms with van der Waals surface area (Å²) >= 11 is 0. The third-order valence-electron chi connectivity index (χ3n) is 4.27. The quantitative estimate of drug-likeness (QED) is 0.868. The summed E-state index contributed by atoms with van der Waals surface area (Å²) in [5.41, 5.74) is 1.32. The highest BCUT2D eigenvalue weighted by Gasteiger charge is 2.20. The van der Waals surface area contributed by atoms with Crippen molar-refractivity contribution in [3.8, 4) is 0 Å². The minimum absolute atomic E-state index is 0.481. The van der Waals surface area contributed by atoms with E-state index in [1.165, 1.54) is 31.5 Å². The van der Waals surface area contributed by atoms with Gasteiger partial charge in [-0.25, -0.2) is 4.98 Å². The summed E-state index contributed by atoms with van der Waals surface area (Å²) in [5, 5.41) is 3.66. The Kier molecular flexibility index (Phi) is 5.61. The van der Waals surface area contributed by atoms with Crippen LogP contribution in [0.3, 0.4) is 0 Å². The number of hydrogen-bond donors (Lipinski definition) is 1. The standard InChI is InChI=1S/C16H30N4/c1-13(2)19(10-15-7-5-6-8-18-15)11-16-9-17-12-20(16)14(3)4/h9,12-15,18H,5-8,10-11H2,1-4H3. The molecule has 0 spiro atoms. The highest BCUT2D eigenvalue weighted by molar-refractivity contribution is 5.00. The predicted molar refractivity (Wildman–Crippen MR) is 83.8 cm³/mol. The maximum Gasteiger partial charge on any atom is 0.0951 e. The van der Waals surface area contributed by atoms with Crippen molar-refractivity contribution in [2.24, 2.45) is 0 Å². The molecule has 1 aromatic rings. The van der Waals surface area contributed by atoms with E-state index in [1.807, 2.05) is 12.5 Å². The lowest BCUT2D eigenvalue weighted by Crippen LogP contribution is -2.45. The molecule has 20 heavy (non-hydrogen) atoms. The minimum Gasteiger partial charge on any atom is -0.331 e. The fourth-order valence-corrected chi connectivity index (χ4v) is 2.95. The van der Waals surface area contributed by atoms with E-state index < -0.39 is 0 Å². The van der Waals surface area contributed by atoms with Crippen LogP contribution >= 0.6 is 0 Å². The first-order chi connectivity index (χ1) is 9.58. The second-order valence-electron chi connectivity index (χ2n) is 6.56. The molecule has 4 nitrogen and oxygen atoms in total. The first-order valence-electron chi connectivity index (χ1n) is 8.06. The molecule has 1 aliphatic rings. The van der Waals surface area contributed by atoms with Crippen LogP contribution in [0, 0.1) is 0 Å². The van der Waals surface area contributed by atoms with Crippen LogP contribution in [0.4, 0.5) is 0 Å². The molecule has 0 amide bonds. The monoisotopic (exact) mass is 278 g/mol. The molecule has 0 radical (unpaired) electrons. The average molecular weight is 278 g/mol. The van der Waals surface area contributed by atoms with Gasteiger partial charge in [-0.15, -0.1) is 0 Å². The van der Waals surface area contributed by atoms with Crippen LogP contribution in [0.5, 0.6) is 0 Å². The lowest BCUT2D eigenvalue weighted by atomic mass is 10.0. The zero-order valence-electron chi connectivity index (χ0n) is 13.5. The van der Waals surface area contributed by atoms with Crippen molar-refractivity contribution < 1.29 is 0 Å². The van der Waals surface area contributed by atoms with E-state index in [1.54, 1.807) is 0 Å². The van der Waals surface area contributed by atoms with Gasteiger partial charge in [0.15, 0.2) is 0 Å². The number of rotatable bonds is 6. The number of nitrogens with one attached hydrogen (secondary N) is 1. The maximum absolute atomic E-state index is 4.32. The molecule has 0 aromatic carbocycles. The lowest BCUT2D eigenvalue weighted by molar-refractivity contribution is 0.172. The third-order valence-corrected chi connectivity index (χ3v) is 4.27. The highest BCUT2D eigenvalue weighted by atomic mass is 15.2. The summed E-state index contributed by atoms with van der Waals surface area (Å²) in [5.74, 6) is 0. The van der Waals surface area contributed by atoms with Crippen LogP contribution in [0.25, 0.3) is 0 Å². The van der Waals surface area contributed by atoms with Gasteiger partial charge in [-0.3, -0.25) is 4.90 Å². The summed E-state index contributed by atoms with van der Waals surface area (Å²) in [4.78, 5) is 6.89. The second-order valence-corrected chi connectivity index (χ2v) is 6.56. The molecule has 4 heteroatoms. The van der Waals surface area contributed by atoms with E-state index in [-0.39, 0.29) is 0 Å². The van der Waals surface area contributed by atoms with Crippen LogP contribution in [0.2, 0.25) is 0 Å². The smallest absolute Gasteiger partial charge is 0.0951 e. The summed E-state index contributed by atoms with van der Waals surface area (Å²) in [6, 6.07) is 1.70. The number of piperidine rings is 1. The van der Waals surface area contributed by atoms with Crippen LogP contribution < -0.4 is 5.32 Å². The van der Waals surface area contributed by atoms with Gasteiger partial charge in [0.2, 0.25) is 0 Å². The Morgan fingerprint density at radius 2 is 2.15 bits per heavy atom. The SMILES string of the molecule is CC(C)N(Cc1cncn1C(C)C)CC1CCCCN1. The van der Waals surface area contributed by atoms with Gasteiger partial charge < -0.3 is 9.88 Å². The van der Waals surface area contributed by atoms with E-state index in [2.05, 4.69) is 47.5 Å². The third kappa shape index (κ3) is 4.06. The van der Waals surface area contributed by atoms with Crippen molar-refractivity contribution in [1.29, 1.82) is 0 Å². The Morgan fingerprint density at radius 3 is 2.75 bits per heavy atom. The molecule has 2 heterocycles. The van der Waals surface area contributed by atoms with Crippen molar-refractivity contribution in [3.05, 3.63) is 18.2 Å². The molecule has 0 saturated carbocycles. The molecular formula is C16H30N4. The lowest BCUT2D eigenvalue weighted by Gasteiger charge is -2.33. The van der Waals surface area contributed by atoms with Crippen LogP contribution in [-0.2, 0) is 6.54 Å². The van der Waals surface area contributed by atoms with E-state index in [4.69, 9.17) is 0 Å². The molecular weight excluding hydrogens is 248 g/mol. The van der Waals surface area contributed by atoms with Gasteiger partial charge in [-0.1, -0.05) is 6.42 Å². The molecule has 1 atom stereocenters. The van der Waals surface area contributed by atoms with Gasteiger partial charge in [-0.05, 0) is 47.1 Å². The Hall–Kier alpha value is -0.870. The molecule has 1 aromatic heterocycles. The molecule has 1 unspecified atom stereocenters. The van der Waals surface area contributed by atoms with Crippen LogP contribution in [-0.4, -0.2) is 39.6 Å². The van der Waals surface area contributed by atoms with Gasteiger partial charge >= 0.3 is 0 Å². The molecule has 1 saturated heterocycles. The molecule has 0 aliphatic carbocycles. The zero-order chi connectivity index (χ0) is 14.5. The van der Waals surface area contributed by atoms with Crippen molar-refractivity contribution in [2.45, 2.75) is 71.6 Å². The van der Waals surface area contributed by atoms with Crippen LogP contribution in [0.15, 0.2) is 12.5 Å². The van der Waals surface area contributed by atoms with Gasteiger partial charge in [-0.2, -0.15) is 0 Å². The first-order valence-corrected chi connectivity index (χ1v) is 8.06. The normalized spacial score (nSPS) is 20.2. The molecule has 1 N–H and O–H groups in total. The van der Waals surface area contributed by atoms with Gasteiger partial charge in [0.25, 0.3) is 0 Å². The van der Waals surface area contributed by atoms with Gasteiger partial charge in [0.1, 0.15) is 0 Å². The summed E-state index contributed by atoms with van der Waals surface area (Å²) in [6.07, 6.45) is 7.99. The summed E-state index contributed by atoms with van der Waals surface area (Å²) in [7, 11) is 0. The van der Waals surface area contributed by atoms with Crippen molar-refractivity contribution >= 4 is 0 Å². The van der Waals surface area contributed by atoms with E-state index in [9.17, 15) is 0 Å². The fourth-order valence-electron chi connectivity index (χ4n) is 2.95. The number of aromatic nitrogens is 2. The topological polar surface area (TPSA) is 33.1 Å². The Balaban J connectivity index is 1.99. The van der Waals surface area contributed by atoms with E-state index >= 15 is 0 Å². The molecule has 0 bridgehead atoms. The molecule has 114 valence electrons. The van der Waals surface area contributed by atoms with Crippen molar-refractivity contribution in [2.75, 3.05) is 13.1 Å². The second kappa shape index (κ2) is 7.23.